The number of furan rings is 1. The van der Waals surface area contributed by atoms with Gasteiger partial charge in [0.2, 0.25) is 5.91 Å². The fourth-order valence-electron chi connectivity index (χ4n) is 1.26. The Bertz CT molecular complexity index is 515. The van der Waals surface area contributed by atoms with E-state index in [1.165, 1.54) is 6.08 Å². The van der Waals surface area contributed by atoms with E-state index in [4.69, 9.17) is 4.42 Å². The molecular weight excluding hydrogens is 329 g/mol. The van der Waals surface area contributed by atoms with Crippen LogP contribution in [0.3, 0.4) is 0 Å². The van der Waals surface area contributed by atoms with Crippen molar-refractivity contribution in [3.63, 3.8) is 0 Å². The van der Waals surface area contributed by atoms with Crippen LogP contribution in [-0.2, 0) is 4.79 Å². The second kappa shape index (κ2) is 5.67. The van der Waals surface area contributed by atoms with Crippen molar-refractivity contribution in [3.8, 4) is 0 Å². The summed E-state index contributed by atoms with van der Waals surface area (Å²) in [6.45, 7) is 0. The number of benzene rings is 1. The summed E-state index contributed by atoms with van der Waals surface area (Å²) in [5.41, 5.74) is 0.777. The highest BCUT2D eigenvalue weighted by molar-refractivity contribution is 14.1. The molecule has 2 rings (SSSR count). The number of halogens is 1. The first-order chi connectivity index (χ1) is 8.24. The van der Waals surface area contributed by atoms with Crippen LogP contribution in [0.5, 0.6) is 0 Å². The number of hydrogen-bond acceptors (Lipinski definition) is 2. The summed E-state index contributed by atoms with van der Waals surface area (Å²) in [5, 5.41) is 2.76. The third-order valence-corrected chi connectivity index (χ3v) is 2.77. The summed E-state index contributed by atoms with van der Waals surface area (Å²) in [5.74, 6) is 0.477. The molecule has 1 heterocycles. The molecule has 0 aliphatic heterocycles. The maximum atomic E-state index is 11.6. The quantitative estimate of drug-likeness (QED) is 0.687. The van der Waals surface area contributed by atoms with Crippen molar-refractivity contribution in [2.75, 3.05) is 5.32 Å². The Morgan fingerprint density at radius 2 is 2.00 bits per heavy atom. The lowest BCUT2D eigenvalue weighted by Gasteiger charge is -2.01. The van der Waals surface area contributed by atoms with Gasteiger partial charge in [-0.25, -0.2) is 0 Å². The normalized spacial score (nSPS) is 10.6. The van der Waals surface area contributed by atoms with Crippen LogP contribution in [0.25, 0.3) is 6.08 Å². The number of carbonyl (C=O) groups excluding carboxylic acids is 1. The zero-order chi connectivity index (χ0) is 12.1. The van der Waals surface area contributed by atoms with Crippen LogP contribution in [0.15, 0.2) is 53.2 Å². The Morgan fingerprint density at radius 1 is 1.24 bits per heavy atom. The van der Waals surface area contributed by atoms with Gasteiger partial charge in [0.1, 0.15) is 5.76 Å². The zero-order valence-corrected chi connectivity index (χ0v) is 11.0. The zero-order valence-electron chi connectivity index (χ0n) is 8.89. The Balaban J connectivity index is 1.95. The van der Waals surface area contributed by atoms with Gasteiger partial charge >= 0.3 is 0 Å². The fourth-order valence-corrected chi connectivity index (χ4v) is 1.62. The molecule has 3 nitrogen and oxygen atoms in total. The van der Waals surface area contributed by atoms with Crippen molar-refractivity contribution in [2.24, 2.45) is 0 Å². The van der Waals surface area contributed by atoms with E-state index < -0.39 is 0 Å². The molecule has 17 heavy (non-hydrogen) atoms. The molecule has 1 aromatic heterocycles. The number of nitrogens with one attached hydrogen (secondary N) is 1. The summed E-state index contributed by atoms with van der Waals surface area (Å²) in [4.78, 5) is 11.6. The van der Waals surface area contributed by atoms with Gasteiger partial charge in [0.15, 0.2) is 0 Å². The highest BCUT2D eigenvalue weighted by Gasteiger charge is 1.97. The van der Waals surface area contributed by atoms with Gasteiger partial charge in [-0.2, -0.15) is 0 Å². The third kappa shape index (κ3) is 3.74. The van der Waals surface area contributed by atoms with Crippen molar-refractivity contribution < 1.29 is 9.21 Å². The molecule has 0 aliphatic rings. The molecule has 0 fully saturated rings. The molecule has 0 saturated carbocycles. The number of amides is 1. The van der Waals surface area contributed by atoms with Gasteiger partial charge in [0, 0.05) is 15.3 Å². The van der Waals surface area contributed by atoms with E-state index in [0.29, 0.717) is 5.76 Å². The van der Waals surface area contributed by atoms with Crippen LogP contribution < -0.4 is 5.32 Å². The first-order valence-corrected chi connectivity index (χ1v) is 6.10. The first-order valence-electron chi connectivity index (χ1n) is 5.02. The lowest BCUT2D eigenvalue weighted by atomic mass is 10.3. The SMILES string of the molecule is O=C(/C=C\c1ccco1)Nc1ccc(I)cc1. The van der Waals surface area contributed by atoms with Crippen LogP contribution in [0.4, 0.5) is 5.69 Å². The topological polar surface area (TPSA) is 42.2 Å². The average Bonchev–Trinajstić information content (AvgIpc) is 2.83. The van der Waals surface area contributed by atoms with Crippen molar-refractivity contribution in [1.82, 2.24) is 0 Å². The van der Waals surface area contributed by atoms with Gasteiger partial charge < -0.3 is 9.73 Å². The minimum absolute atomic E-state index is 0.178. The smallest absolute Gasteiger partial charge is 0.248 e. The first kappa shape index (κ1) is 11.9. The maximum Gasteiger partial charge on any atom is 0.248 e. The largest absolute Gasteiger partial charge is 0.465 e. The van der Waals surface area contributed by atoms with Crippen LogP contribution >= 0.6 is 22.6 Å². The summed E-state index contributed by atoms with van der Waals surface area (Å²) in [6, 6.07) is 11.2. The van der Waals surface area contributed by atoms with Crippen molar-refractivity contribution >= 4 is 40.3 Å². The van der Waals surface area contributed by atoms with Crippen LogP contribution in [0.2, 0.25) is 0 Å². The predicted octanol–water partition coefficient (Wildman–Crippen LogP) is 3.54. The van der Waals surface area contributed by atoms with Gasteiger partial charge in [0.25, 0.3) is 0 Å². The molecule has 0 radical (unpaired) electrons. The highest BCUT2D eigenvalue weighted by Crippen LogP contribution is 2.11. The molecular formula is C13H10INO2. The molecule has 1 aromatic carbocycles. The Kier molecular flexibility index (Phi) is 3.98. The molecule has 0 aliphatic carbocycles. The Morgan fingerprint density at radius 3 is 2.65 bits per heavy atom. The van der Waals surface area contributed by atoms with Crippen molar-refractivity contribution in [3.05, 3.63) is 58.1 Å². The minimum Gasteiger partial charge on any atom is -0.465 e. The molecule has 0 atom stereocenters. The van der Waals surface area contributed by atoms with Gasteiger partial charge in [-0.3, -0.25) is 4.79 Å². The molecule has 0 spiro atoms. The average molecular weight is 339 g/mol. The lowest BCUT2D eigenvalue weighted by molar-refractivity contribution is -0.111. The summed E-state index contributed by atoms with van der Waals surface area (Å²) in [7, 11) is 0. The minimum atomic E-state index is -0.178. The molecule has 0 unspecified atom stereocenters. The number of rotatable bonds is 3. The van der Waals surface area contributed by atoms with E-state index in [1.54, 1.807) is 24.5 Å². The second-order valence-electron chi connectivity index (χ2n) is 3.34. The standard InChI is InChI=1S/C13H10INO2/c14-10-3-5-11(6-4-10)15-13(16)8-7-12-2-1-9-17-12/h1-9H,(H,15,16)/b8-7-. The summed E-state index contributed by atoms with van der Waals surface area (Å²) >= 11 is 2.21. The third-order valence-electron chi connectivity index (χ3n) is 2.05. The molecule has 1 N–H and O–H groups in total. The van der Waals surface area contributed by atoms with Gasteiger partial charge in [0.05, 0.1) is 6.26 Å². The van der Waals surface area contributed by atoms with E-state index in [-0.39, 0.29) is 5.91 Å². The second-order valence-corrected chi connectivity index (χ2v) is 4.59. The Hall–Kier alpha value is -1.56. The lowest BCUT2D eigenvalue weighted by Crippen LogP contribution is -2.07. The molecule has 2 aromatic rings. The van der Waals surface area contributed by atoms with E-state index >= 15 is 0 Å². The summed E-state index contributed by atoms with van der Waals surface area (Å²) < 4.78 is 6.21. The predicted molar refractivity (Wildman–Crippen MR) is 75.5 cm³/mol. The monoisotopic (exact) mass is 339 g/mol. The van der Waals surface area contributed by atoms with Crippen LogP contribution in [0.1, 0.15) is 5.76 Å². The van der Waals surface area contributed by atoms with Gasteiger partial charge in [-0.1, -0.05) is 0 Å². The fraction of sp³-hybridized carbons (Fsp3) is 0. The van der Waals surface area contributed by atoms with E-state index in [1.807, 2.05) is 24.3 Å². The molecule has 86 valence electrons. The number of anilines is 1. The number of carbonyl (C=O) groups is 1. The van der Waals surface area contributed by atoms with Crippen molar-refractivity contribution in [2.45, 2.75) is 0 Å². The Labute approximate surface area is 113 Å². The molecule has 0 bridgehead atoms. The molecule has 0 saturated heterocycles. The highest BCUT2D eigenvalue weighted by atomic mass is 127. The summed E-state index contributed by atoms with van der Waals surface area (Å²) in [6.07, 6.45) is 4.63. The van der Waals surface area contributed by atoms with E-state index in [0.717, 1.165) is 9.26 Å². The molecule has 1 amide bonds. The van der Waals surface area contributed by atoms with Crippen molar-refractivity contribution in [1.29, 1.82) is 0 Å². The van der Waals surface area contributed by atoms with Crippen LogP contribution in [0, 0.1) is 3.57 Å². The van der Waals surface area contributed by atoms with Gasteiger partial charge in [-0.05, 0) is 65.1 Å². The maximum absolute atomic E-state index is 11.6. The molecule has 4 heteroatoms. The van der Waals surface area contributed by atoms with E-state index in [2.05, 4.69) is 27.9 Å². The van der Waals surface area contributed by atoms with Crippen LogP contribution in [-0.4, -0.2) is 5.91 Å². The number of hydrogen-bond donors (Lipinski definition) is 1. The van der Waals surface area contributed by atoms with Gasteiger partial charge in [-0.15, -0.1) is 0 Å². The van der Waals surface area contributed by atoms with E-state index in [9.17, 15) is 4.79 Å².